The zero-order chi connectivity index (χ0) is 18.9. The minimum Gasteiger partial charge on any atom is -0.389 e. The number of carbonyl (C=O) groups excluding carboxylic acids is 2. The normalized spacial score (nSPS) is 50.5. The van der Waals surface area contributed by atoms with Gasteiger partial charge in [0.25, 0.3) is 0 Å². The van der Waals surface area contributed by atoms with Gasteiger partial charge in [0, 0.05) is 11.8 Å². The first-order valence-corrected chi connectivity index (χ1v) is 9.97. The monoisotopic (exact) mass is 362 g/mol. The van der Waals surface area contributed by atoms with E-state index in [9.17, 15) is 24.9 Å². The summed E-state index contributed by atoms with van der Waals surface area (Å²) in [4.78, 5) is 24.3. The molecule has 3 fully saturated rings. The number of hydrogen-bond donors (Lipinski definition) is 3. The van der Waals surface area contributed by atoms with Crippen LogP contribution in [-0.4, -0.2) is 45.2 Å². The molecule has 0 saturated heterocycles. The predicted molar refractivity (Wildman–Crippen MR) is 95.1 cm³/mol. The molecule has 3 N–H and O–H groups in total. The lowest BCUT2D eigenvalue weighted by Crippen LogP contribution is -2.59. The van der Waals surface area contributed by atoms with Gasteiger partial charge >= 0.3 is 0 Å². The first-order valence-electron chi connectivity index (χ1n) is 9.97. The van der Waals surface area contributed by atoms with E-state index in [1.165, 1.54) is 0 Å². The Balaban J connectivity index is 1.72. The van der Waals surface area contributed by atoms with Gasteiger partial charge < -0.3 is 15.3 Å². The van der Waals surface area contributed by atoms with Crippen molar-refractivity contribution in [2.75, 3.05) is 6.61 Å². The minimum absolute atomic E-state index is 0.111. The standard InChI is InChI=1S/C21H30O5/c1-19-6-3-12(23)9-16(19)17(24)10-13-14(19)4-7-20(2)15(13)5-8-21(20,26)18(25)11-22/h9,13-15,17,22,24,26H,3-8,10-11H2,1-2H3. The molecule has 0 spiro atoms. The summed E-state index contributed by atoms with van der Waals surface area (Å²) in [5, 5.41) is 31.4. The van der Waals surface area contributed by atoms with Gasteiger partial charge in [0.2, 0.25) is 0 Å². The molecule has 144 valence electrons. The molecule has 3 saturated carbocycles. The van der Waals surface area contributed by atoms with E-state index in [1.54, 1.807) is 6.08 Å². The van der Waals surface area contributed by atoms with E-state index in [-0.39, 0.29) is 23.0 Å². The predicted octanol–water partition coefficient (Wildman–Crippen LogP) is 1.78. The van der Waals surface area contributed by atoms with Crippen LogP contribution in [0.3, 0.4) is 0 Å². The van der Waals surface area contributed by atoms with Gasteiger partial charge in [0.1, 0.15) is 12.2 Å². The number of aliphatic hydroxyl groups is 3. The van der Waals surface area contributed by atoms with Crippen LogP contribution in [-0.2, 0) is 9.59 Å². The van der Waals surface area contributed by atoms with E-state index >= 15 is 0 Å². The summed E-state index contributed by atoms with van der Waals surface area (Å²) in [6.45, 7) is 3.56. The maximum absolute atomic E-state index is 12.4. The van der Waals surface area contributed by atoms with Crippen molar-refractivity contribution in [3.05, 3.63) is 11.6 Å². The number of rotatable bonds is 2. The Morgan fingerprint density at radius 2 is 1.88 bits per heavy atom. The molecule has 5 nitrogen and oxygen atoms in total. The van der Waals surface area contributed by atoms with Crippen molar-refractivity contribution in [1.29, 1.82) is 0 Å². The molecule has 0 aromatic heterocycles. The van der Waals surface area contributed by atoms with Crippen LogP contribution in [0.2, 0.25) is 0 Å². The highest BCUT2D eigenvalue weighted by atomic mass is 16.3. The second kappa shape index (κ2) is 5.73. The van der Waals surface area contributed by atoms with Crippen molar-refractivity contribution in [3.63, 3.8) is 0 Å². The molecule has 7 unspecified atom stereocenters. The Kier molecular flexibility index (Phi) is 4.04. The smallest absolute Gasteiger partial charge is 0.190 e. The lowest BCUT2D eigenvalue weighted by molar-refractivity contribution is -0.166. The molecule has 0 heterocycles. The van der Waals surface area contributed by atoms with Gasteiger partial charge in [-0.2, -0.15) is 0 Å². The SMILES string of the molecule is CC12CCC(=O)C=C1C(O)CC1C2CCC2(C)C1CCC2(O)C(=O)CO. The fourth-order valence-corrected chi connectivity index (χ4v) is 7.21. The number of hydrogen-bond acceptors (Lipinski definition) is 5. The van der Waals surface area contributed by atoms with E-state index in [4.69, 9.17) is 0 Å². The van der Waals surface area contributed by atoms with Crippen molar-refractivity contribution < 1.29 is 24.9 Å². The average Bonchev–Trinajstić information content (AvgIpc) is 2.88. The van der Waals surface area contributed by atoms with Crippen LogP contribution in [0.4, 0.5) is 0 Å². The maximum atomic E-state index is 12.4. The third-order valence-corrected chi connectivity index (χ3v) is 8.73. The zero-order valence-corrected chi connectivity index (χ0v) is 15.7. The fraction of sp³-hybridized carbons (Fsp3) is 0.810. The summed E-state index contributed by atoms with van der Waals surface area (Å²) < 4.78 is 0. The number of ketones is 2. The highest BCUT2D eigenvalue weighted by Gasteiger charge is 2.66. The van der Waals surface area contributed by atoms with Gasteiger partial charge in [0.05, 0.1) is 6.10 Å². The summed E-state index contributed by atoms with van der Waals surface area (Å²) in [5.41, 5.74) is -1.27. The topological polar surface area (TPSA) is 94.8 Å². The Hall–Kier alpha value is -1.04. The molecule has 26 heavy (non-hydrogen) atoms. The molecule has 4 aliphatic rings. The van der Waals surface area contributed by atoms with Gasteiger partial charge in [-0.15, -0.1) is 0 Å². The van der Waals surface area contributed by atoms with Crippen LogP contribution in [0.25, 0.3) is 0 Å². The van der Waals surface area contributed by atoms with Crippen molar-refractivity contribution in [2.45, 2.75) is 70.5 Å². The van der Waals surface area contributed by atoms with Crippen molar-refractivity contribution in [3.8, 4) is 0 Å². The van der Waals surface area contributed by atoms with E-state index in [0.717, 1.165) is 31.3 Å². The summed E-state index contributed by atoms with van der Waals surface area (Å²) >= 11 is 0. The molecule has 0 bridgehead atoms. The van der Waals surface area contributed by atoms with Crippen LogP contribution in [0.5, 0.6) is 0 Å². The number of carbonyl (C=O) groups is 2. The van der Waals surface area contributed by atoms with Gasteiger partial charge in [-0.25, -0.2) is 0 Å². The van der Waals surface area contributed by atoms with Crippen molar-refractivity contribution in [1.82, 2.24) is 0 Å². The Labute approximate surface area is 154 Å². The van der Waals surface area contributed by atoms with Crippen LogP contribution < -0.4 is 0 Å². The van der Waals surface area contributed by atoms with E-state index < -0.39 is 29.5 Å². The molecule has 0 aliphatic heterocycles. The second-order valence-corrected chi connectivity index (χ2v) is 9.55. The number of fused-ring (bicyclic) bond motifs is 5. The third-order valence-electron chi connectivity index (χ3n) is 8.73. The van der Waals surface area contributed by atoms with Crippen LogP contribution in [0.1, 0.15) is 58.8 Å². The van der Waals surface area contributed by atoms with Crippen molar-refractivity contribution >= 4 is 11.6 Å². The van der Waals surface area contributed by atoms with E-state index in [1.807, 2.05) is 6.92 Å². The molecule has 0 aromatic carbocycles. The first-order chi connectivity index (χ1) is 12.2. The lowest BCUT2D eigenvalue weighted by Gasteiger charge is -2.59. The summed E-state index contributed by atoms with van der Waals surface area (Å²) in [6, 6.07) is 0. The largest absolute Gasteiger partial charge is 0.389 e. The minimum atomic E-state index is -1.46. The van der Waals surface area contributed by atoms with Gasteiger partial charge in [-0.1, -0.05) is 13.8 Å². The molecule has 5 heteroatoms. The molecule has 0 aromatic rings. The first kappa shape index (κ1) is 18.3. The Bertz CT molecular complexity index is 684. The molecule has 7 atom stereocenters. The van der Waals surface area contributed by atoms with Crippen LogP contribution in [0.15, 0.2) is 11.6 Å². The number of Topliss-reactive ketones (excluding diaryl/α,β-unsaturated/α-hetero) is 1. The summed E-state index contributed by atoms with van der Waals surface area (Å²) in [5.74, 6) is 0.411. The average molecular weight is 362 g/mol. The van der Waals surface area contributed by atoms with Gasteiger partial charge in [0.15, 0.2) is 11.6 Å². The quantitative estimate of drug-likeness (QED) is 0.696. The fourth-order valence-electron chi connectivity index (χ4n) is 7.21. The highest BCUT2D eigenvalue weighted by molar-refractivity contribution is 5.92. The molecule has 0 radical (unpaired) electrons. The summed E-state index contributed by atoms with van der Waals surface area (Å²) in [7, 11) is 0. The summed E-state index contributed by atoms with van der Waals surface area (Å²) in [6.07, 6.45) is 5.74. The third kappa shape index (κ3) is 2.14. The molecule has 4 aliphatic carbocycles. The maximum Gasteiger partial charge on any atom is 0.190 e. The van der Waals surface area contributed by atoms with E-state index in [0.29, 0.717) is 25.2 Å². The molecule has 0 amide bonds. The van der Waals surface area contributed by atoms with E-state index in [2.05, 4.69) is 6.92 Å². The Morgan fingerprint density at radius 3 is 2.58 bits per heavy atom. The zero-order valence-electron chi connectivity index (χ0n) is 15.7. The molecule has 4 rings (SSSR count). The number of aliphatic hydroxyl groups excluding tert-OH is 2. The van der Waals surface area contributed by atoms with Gasteiger partial charge in [-0.3, -0.25) is 9.59 Å². The van der Waals surface area contributed by atoms with Crippen LogP contribution >= 0.6 is 0 Å². The second-order valence-electron chi connectivity index (χ2n) is 9.55. The highest BCUT2D eigenvalue weighted by Crippen LogP contribution is 2.67. The van der Waals surface area contributed by atoms with Gasteiger partial charge in [-0.05, 0) is 73.3 Å². The van der Waals surface area contributed by atoms with Crippen molar-refractivity contribution in [2.24, 2.45) is 28.6 Å². The lowest BCUT2D eigenvalue weighted by atomic mass is 9.45. The van der Waals surface area contributed by atoms with Crippen LogP contribution in [0, 0.1) is 28.6 Å². The molecular formula is C21H30O5. The molecular weight excluding hydrogens is 332 g/mol. The Morgan fingerprint density at radius 1 is 1.19 bits per heavy atom.